The molecule has 28 heavy (non-hydrogen) atoms. The minimum atomic E-state index is -0.407. The van der Waals surface area contributed by atoms with Gasteiger partial charge in [0.1, 0.15) is 6.04 Å². The number of carbonyl (C=O) groups is 1. The summed E-state index contributed by atoms with van der Waals surface area (Å²) in [6.45, 7) is 4.86. The molecule has 1 unspecified atom stereocenters. The molecule has 9 heteroatoms. The van der Waals surface area contributed by atoms with Crippen LogP contribution in [-0.2, 0) is 29.7 Å². The summed E-state index contributed by atoms with van der Waals surface area (Å²) < 4.78 is 7.12. The van der Waals surface area contributed by atoms with E-state index < -0.39 is 6.04 Å². The van der Waals surface area contributed by atoms with Gasteiger partial charge < -0.3 is 15.4 Å². The lowest BCUT2D eigenvalue weighted by Gasteiger charge is -2.27. The van der Waals surface area contributed by atoms with E-state index in [4.69, 9.17) is 4.74 Å². The Balaban J connectivity index is 0.00000196. The lowest BCUT2D eigenvalue weighted by atomic mass is 10.1. The SMILES string of the molecule is CNC(C(=O)NCc1ccccc1CN1CCOCC1)c1cnn(C)c1.Cl.Cl. The van der Waals surface area contributed by atoms with E-state index in [1.807, 2.05) is 25.4 Å². The molecular formula is C19H29Cl2N5O2. The second-order valence-corrected chi connectivity index (χ2v) is 6.54. The number of nitrogens with zero attached hydrogens (tertiary/aromatic N) is 3. The van der Waals surface area contributed by atoms with Crippen molar-refractivity contribution in [1.82, 2.24) is 25.3 Å². The molecule has 0 radical (unpaired) electrons. The number of aryl methyl sites for hydroxylation is 1. The first kappa shape index (κ1) is 24.4. The van der Waals surface area contributed by atoms with Gasteiger partial charge in [0.25, 0.3) is 0 Å². The van der Waals surface area contributed by atoms with Crippen LogP contribution in [0.25, 0.3) is 0 Å². The summed E-state index contributed by atoms with van der Waals surface area (Å²) in [5, 5.41) is 10.3. The Kier molecular flexibility index (Phi) is 10.5. The van der Waals surface area contributed by atoms with Gasteiger partial charge in [0, 0.05) is 45.0 Å². The third-order valence-electron chi connectivity index (χ3n) is 4.68. The molecule has 2 N–H and O–H groups in total. The maximum Gasteiger partial charge on any atom is 0.242 e. The molecule has 2 heterocycles. The Hall–Kier alpha value is -1.64. The fourth-order valence-electron chi connectivity index (χ4n) is 3.21. The summed E-state index contributed by atoms with van der Waals surface area (Å²) in [5.74, 6) is -0.0540. The summed E-state index contributed by atoms with van der Waals surface area (Å²) in [4.78, 5) is 15.0. The standard InChI is InChI=1S/C19H27N5O2.2ClH/c1-20-18(17-12-22-23(2)13-17)19(25)21-11-15-5-3-4-6-16(15)14-24-7-9-26-10-8-24;;/h3-6,12-13,18,20H,7-11,14H2,1-2H3,(H,21,25);2*1H. The van der Waals surface area contributed by atoms with Crippen LogP contribution in [0.4, 0.5) is 0 Å². The summed E-state index contributed by atoms with van der Waals surface area (Å²) >= 11 is 0. The molecule has 1 aromatic carbocycles. The van der Waals surface area contributed by atoms with E-state index in [1.54, 1.807) is 17.9 Å². The van der Waals surface area contributed by atoms with Crippen molar-refractivity contribution in [2.45, 2.75) is 19.1 Å². The molecule has 156 valence electrons. The van der Waals surface area contributed by atoms with Crippen LogP contribution in [-0.4, -0.2) is 53.9 Å². The Morgan fingerprint density at radius 1 is 1.21 bits per heavy atom. The van der Waals surface area contributed by atoms with Crippen LogP contribution >= 0.6 is 24.8 Å². The summed E-state index contributed by atoms with van der Waals surface area (Å²) in [5.41, 5.74) is 3.25. The number of hydrogen-bond donors (Lipinski definition) is 2. The van der Waals surface area contributed by atoms with Crippen LogP contribution in [0.3, 0.4) is 0 Å². The van der Waals surface area contributed by atoms with Gasteiger partial charge >= 0.3 is 0 Å². The minimum absolute atomic E-state index is 0. The van der Waals surface area contributed by atoms with Gasteiger partial charge in [-0.3, -0.25) is 14.4 Å². The van der Waals surface area contributed by atoms with Crippen LogP contribution in [0, 0.1) is 0 Å². The molecule has 0 aliphatic carbocycles. The zero-order valence-electron chi connectivity index (χ0n) is 16.3. The summed E-state index contributed by atoms with van der Waals surface area (Å²) in [6, 6.07) is 7.87. The molecule has 0 bridgehead atoms. The van der Waals surface area contributed by atoms with Crippen LogP contribution in [0.15, 0.2) is 36.7 Å². The van der Waals surface area contributed by atoms with Crippen LogP contribution < -0.4 is 10.6 Å². The van der Waals surface area contributed by atoms with Crippen molar-refractivity contribution < 1.29 is 9.53 Å². The van der Waals surface area contributed by atoms with Crippen molar-refractivity contribution in [3.63, 3.8) is 0 Å². The first-order valence-electron chi connectivity index (χ1n) is 8.98. The van der Waals surface area contributed by atoms with E-state index in [0.717, 1.165) is 44.0 Å². The first-order chi connectivity index (χ1) is 12.7. The number of aromatic nitrogens is 2. The Labute approximate surface area is 178 Å². The average molecular weight is 430 g/mol. The van der Waals surface area contributed by atoms with Gasteiger partial charge in [-0.15, -0.1) is 24.8 Å². The number of likely N-dealkylation sites (N-methyl/N-ethyl adjacent to an activating group) is 1. The van der Waals surface area contributed by atoms with E-state index in [-0.39, 0.29) is 30.7 Å². The molecule has 1 amide bonds. The quantitative estimate of drug-likeness (QED) is 0.700. The van der Waals surface area contributed by atoms with E-state index in [0.29, 0.717) is 6.54 Å². The Morgan fingerprint density at radius 2 is 1.89 bits per heavy atom. The zero-order chi connectivity index (χ0) is 18.4. The second kappa shape index (κ2) is 12.0. The maximum atomic E-state index is 12.6. The van der Waals surface area contributed by atoms with E-state index in [9.17, 15) is 4.79 Å². The number of nitrogens with one attached hydrogen (secondary N) is 2. The van der Waals surface area contributed by atoms with Gasteiger partial charge in [0.2, 0.25) is 5.91 Å². The van der Waals surface area contributed by atoms with Gasteiger partial charge in [0.15, 0.2) is 0 Å². The molecule has 1 saturated heterocycles. The monoisotopic (exact) mass is 429 g/mol. The minimum Gasteiger partial charge on any atom is -0.379 e. The third-order valence-corrected chi connectivity index (χ3v) is 4.68. The number of halogens is 2. The first-order valence-corrected chi connectivity index (χ1v) is 8.98. The van der Waals surface area contributed by atoms with Crippen molar-refractivity contribution in [2.24, 2.45) is 7.05 Å². The zero-order valence-corrected chi connectivity index (χ0v) is 17.9. The van der Waals surface area contributed by atoms with Crippen LogP contribution in [0.5, 0.6) is 0 Å². The van der Waals surface area contributed by atoms with Gasteiger partial charge in [-0.25, -0.2) is 0 Å². The molecular weight excluding hydrogens is 401 g/mol. The van der Waals surface area contributed by atoms with Crippen molar-refractivity contribution in [1.29, 1.82) is 0 Å². The smallest absolute Gasteiger partial charge is 0.242 e. The van der Waals surface area contributed by atoms with Crippen molar-refractivity contribution in [2.75, 3.05) is 33.4 Å². The van der Waals surface area contributed by atoms with Gasteiger partial charge in [0.05, 0.1) is 19.4 Å². The molecule has 3 rings (SSSR count). The fraction of sp³-hybridized carbons (Fsp3) is 0.474. The molecule has 1 fully saturated rings. The lowest BCUT2D eigenvalue weighted by Crippen LogP contribution is -2.37. The number of ether oxygens (including phenoxy) is 1. The normalized spacial score (nSPS) is 15.2. The highest BCUT2D eigenvalue weighted by Crippen LogP contribution is 2.15. The molecule has 1 aliphatic heterocycles. The van der Waals surface area contributed by atoms with Crippen molar-refractivity contribution in [3.05, 3.63) is 53.3 Å². The average Bonchev–Trinajstić information content (AvgIpc) is 3.08. The molecule has 1 aliphatic rings. The van der Waals surface area contributed by atoms with Crippen LogP contribution in [0.2, 0.25) is 0 Å². The number of hydrogen-bond acceptors (Lipinski definition) is 5. The Bertz CT molecular complexity index is 735. The largest absolute Gasteiger partial charge is 0.379 e. The number of morpholine rings is 1. The Morgan fingerprint density at radius 3 is 2.50 bits per heavy atom. The molecule has 0 saturated carbocycles. The highest BCUT2D eigenvalue weighted by molar-refractivity contribution is 5.85. The molecule has 1 aromatic heterocycles. The lowest BCUT2D eigenvalue weighted by molar-refractivity contribution is -0.123. The third kappa shape index (κ3) is 6.46. The summed E-state index contributed by atoms with van der Waals surface area (Å²) in [7, 11) is 3.62. The van der Waals surface area contributed by atoms with E-state index in [1.165, 1.54) is 5.56 Å². The summed E-state index contributed by atoms with van der Waals surface area (Å²) in [6.07, 6.45) is 3.57. The number of rotatable bonds is 7. The predicted octanol–water partition coefficient (Wildman–Crippen LogP) is 1.67. The predicted molar refractivity (Wildman–Crippen MR) is 114 cm³/mol. The van der Waals surface area contributed by atoms with E-state index >= 15 is 0 Å². The van der Waals surface area contributed by atoms with Gasteiger partial charge in [-0.05, 0) is 18.2 Å². The van der Waals surface area contributed by atoms with Gasteiger partial charge in [-0.1, -0.05) is 24.3 Å². The molecule has 1 atom stereocenters. The number of benzene rings is 1. The van der Waals surface area contributed by atoms with Crippen LogP contribution in [0.1, 0.15) is 22.7 Å². The highest BCUT2D eigenvalue weighted by atomic mass is 35.5. The maximum absolute atomic E-state index is 12.6. The van der Waals surface area contributed by atoms with Crippen molar-refractivity contribution in [3.8, 4) is 0 Å². The number of carbonyl (C=O) groups excluding carboxylic acids is 1. The highest BCUT2D eigenvalue weighted by Gasteiger charge is 2.20. The molecule has 7 nitrogen and oxygen atoms in total. The number of amides is 1. The second-order valence-electron chi connectivity index (χ2n) is 6.54. The molecule has 0 spiro atoms. The fourth-order valence-corrected chi connectivity index (χ4v) is 3.21. The van der Waals surface area contributed by atoms with E-state index in [2.05, 4.69) is 32.8 Å². The van der Waals surface area contributed by atoms with Crippen molar-refractivity contribution >= 4 is 30.7 Å². The molecule has 2 aromatic rings. The topological polar surface area (TPSA) is 71.4 Å². The van der Waals surface area contributed by atoms with Gasteiger partial charge in [-0.2, -0.15) is 5.10 Å².